The van der Waals surface area contributed by atoms with Crippen LogP contribution >= 0.6 is 0 Å². The monoisotopic (exact) mass is 515 g/mol. The lowest BCUT2D eigenvalue weighted by Crippen LogP contribution is -2.47. The number of ether oxygens (including phenoxy) is 3. The summed E-state index contributed by atoms with van der Waals surface area (Å²) in [5, 5.41) is 11.0. The fraction of sp³-hybridized carbons (Fsp3) is 0.438. The Kier molecular flexibility index (Phi) is 9.54. The molecule has 0 radical (unpaired) electrons. The Labute approximate surface area is 227 Å². The molecule has 3 N–H and O–H groups in total. The zero-order valence-electron chi connectivity index (χ0n) is 22.5. The lowest BCUT2D eigenvalue weighted by atomic mass is 9.86. The molecule has 0 amide bonds. The first-order valence-electron chi connectivity index (χ1n) is 14.0. The van der Waals surface area contributed by atoms with E-state index >= 15 is 0 Å². The quantitative estimate of drug-likeness (QED) is 0.286. The van der Waals surface area contributed by atoms with Gasteiger partial charge >= 0.3 is 0 Å². The van der Waals surface area contributed by atoms with Gasteiger partial charge in [-0.05, 0) is 66.8 Å². The van der Waals surface area contributed by atoms with Gasteiger partial charge in [-0.2, -0.15) is 0 Å². The SMILES string of the molecule is COc1ccccc1COCCCOc1ccc([C@@H]2CCNC[C@@H]2NCc2ccc3c(c2)NCCC3)cc1. The average Bonchev–Trinajstić information content (AvgIpc) is 2.98. The molecule has 2 aliphatic heterocycles. The van der Waals surface area contributed by atoms with Gasteiger partial charge < -0.3 is 30.2 Å². The number of hydrogen-bond acceptors (Lipinski definition) is 6. The Morgan fingerprint density at radius 2 is 1.87 bits per heavy atom. The van der Waals surface area contributed by atoms with Gasteiger partial charge in [0.1, 0.15) is 11.5 Å². The minimum atomic E-state index is 0.403. The van der Waals surface area contributed by atoms with Crippen molar-refractivity contribution in [3.05, 3.63) is 89.0 Å². The first kappa shape index (κ1) is 26.5. The Morgan fingerprint density at radius 3 is 2.76 bits per heavy atom. The van der Waals surface area contributed by atoms with Crippen molar-refractivity contribution in [3.63, 3.8) is 0 Å². The molecule has 2 aliphatic rings. The zero-order valence-corrected chi connectivity index (χ0v) is 22.5. The Morgan fingerprint density at radius 1 is 0.974 bits per heavy atom. The first-order chi connectivity index (χ1) is 18.8. The van der Waals surface area contributed by atoms with Crippen molar-refractivity contribution < 1.29 is 14.2 Å². The van der Waals surface area contributed by atoms with E-state index < -0.39 is 0 Å². The molecule has 0 aliphatic carbocycles. The maximum absolute atomic E-state index is 5.98. The van der Waals surface area contributed by atoms with Crippen LogP contribution in [0.3, 0.4) is 0 Å². The van der Waals surface area contributed by atoms with Gasteiger partial charge in [-0.1, -0.05) is 42.5 Å². The molecule has 5 rings (SSSR count). The number of hydrogen-bond donors (Lipinski definition) is 3. The van der Waals surface area contributed by atoms with E-state index in [9.17, 15) is 0 Å². The van der Waals surface area contributed by atoms with Gasteiger partial charge in [0.2, 0.25) is 0 Å². The van der Waals surface area contributed by atoms with Gasteiger partial charge in [-0.3, -0.25) is 0 Å². The Bertz CT molecular complexity index is 1150. The summed E-state index contributed by atoms with van der Waals surface area (Å²) in [6.45, 7) is 5.85. The molecule has 6 heteroatoms. The molecule has 0 bridgehead atoms. The third-order valence-electron chi connectivity index (χ3n) is 7.62. The number of rotatable bonds is 12. The highest BCUT2D eigenvalue weighted by Crippen LogP contribution is 2.28. The van der Waals surface area contributed by atoms with Crippen LogP contribution in [-0.2, 0) is 24.3 Å². The number of para-hydroxylation sites is 1. The minimum absolute atomic E-state index is 0.403. The molecule has 0 saturated carbocycles. The smallest absolute Gasteiger partial charge is 0.124 e. The van der Waals surface area contributed by atoms with Crippen LogP contribution in [0.4, 0.5) is 5.69 Å². The molecule has 202 valence electrons. The normalized spacial score (nSPS) is 18.9. The number of fused-ring (bicyclic) bond motifs is 1. The molecule has 3 aromatic rings. The van der Waals surface area contributed by atoms with Crippen molar-refractivity contribution in [3.8, 4) is 11.5 Å². The van der Waals surface area contributed by atoms with Crippen LogP contribution in [0.1, 0.15) is 47.4 Å². The first-order valence-corrected chi connectivity index (χ1v) is 14.0. The van der Waals surface area contributed by atoms with Crippen LogP contribution in [0.5, 0.6) is 11.5 Å². The molecule has 6 nitrogen and oxygen atoms in total. The lowest BCUT2D eigenvalue weighted by Gasteiger charge is -2.33. The number of nitrogens with one attached hydrogen (secondary N) is 3. The highest BCUT2D eigenvalue weighted by molar-refractivity contribution is 5.55. The van der Waals surface area contributed by atoms with E-state index in [1.807, 2.05) is 24.3 Å². The maximum Gasteiger partial charge on any atom is 0.124 e. The van der Waals surface area contributed by atoms with Gasteiger partial charge in [0.25, 0.3) is 0 Å². The van der Waals surface area contributed by atoms with Crippen molar-refractivity contribution in [1.82, 2.24) is 10.6 Å². The van der Waals surface area contributed by atoms with Gasteiger partial charge in [-0.25, -0.2) is 0 Å². The van der Waals surface area contributed by atoms with Crippen LogP contribution in [0.2, 0.25) is 0 Å². The average molecular weight is 516 g/mol. The molecule has 0 aromatic heterocycles. The molecule has 0 spiro atoms. The van der Waals surface area contributed by atoms with Crippen LogP contribution in [0, 0.1) is 0 Å². The molecule has 3 aromatic carbocycles. The number of piperidine rings is 1. The molecule has 2 atom stereocenters. The standard InChI is InChI=1S/C32H41N3O3/c1-36-32-8-3-2-6-27(32)23-37-18-5-19-38-28-13-11-25(12-14-28)29-15-17-33-22-31(29)35-21-24-9-10-26-7-4-16-34-30(26)20-24/h2-3,6,8-14,20,29,31,33-35H,4-5,7,15-19,21-23H2,1H3/t29-,31-/m0/s1. The number of aryl methyl sites for hydroxylation is 1. The highest BCUT2D eigenvalue weighted by atomic mass is 16.5. The predicted octanol–water partition coefficient (Wildman–Crippen LogP) is 5.27. The zero-order chi connectivity index (χ0) is 26.0. The molecular formula is C32H41N3O3. The highest BCUT2D eigenvalue weighted by Gasteiger charge is 2.26. The second-order valence-electron chi connectivity index (χ2n) is 10.2. The van der Waals surface area contributed by atoms with Crippen LogP contribution in [0.15, 0.2) is 66.7 Å². The van der Waals surface area contributed by atoms with Crippen molar-refractivity contribution in [2.45, 2.75) is 50.8 Å². The van der Waals surface area contributed by atoms with Gasteiger partial charge in [-0.15, -0.1) is 0 Å². The number of benzene rings is 3. The van der Waals surface area contributed by atoms with Gasteiger partial charge in [0.15, 0.2) is 0 Å². The van der Waals surface area contributed by atoms with E-state index in [4.69, 9.17) is 14.2 Å². The van der Waals surface area contributed by atoms with Crippen molar-refractivity contribution in [2.75, 3.05) is 45.3 Å². The van der Waals surface area contributed by atoms with Crippen LogP contribution in [-0.4, -0.2) is 46.0 Å². The van der Waals surface area contributed by atoms with E-state index in [-0.39, 0.29) is 0 Å². The van der Waals surface area contributed by atoms with Crippen LogP contribution in [0.25, 0.3) is 0 Å². The van der Waals surface area contributed by atoms with Crippen molar-refractivity contribution in [2.24, 2.45) is 0 Å². The molecule has 1 saturated heterocycles. The summed E-state index contributed by atoms with van der Waals surface area (Å²) in [5.74, 6) is 2.27. The third-order valence-corrected chi connectivity index (χ3v) is 7.62. The van der Waals surface area contributed by atoms with E-state index in [1.54, 1.807) is 7.11 Å². The molecular weight excluding hydrogens is 474 g/mol. The Hall–Kier alpha value is -3.06. The second-order valence-corrected chi connectivity index (χ2v) is 10.2. The van der Waals surface area contributed by atoms with Gasteiger partial charge in [0, 0.05) is 49.3 Å². The third kappa shape index (κ3) is 7.07. The second kappa shape index (κ2) is 13.7. The van der Waals surface area contributed by atoms with Crippen molar-refractivity contribution >= 4 is 5.69 Å². The lowest BCUT2D eigenvalue weighted by molar-refractivity contribution is 0.105. The van der Waals surface area contributed by atoms with E-state index in [0.717, 1.165) is 56.1 Å². The van der Waals surface area contributed by atoms with E-state index in [2.05, 4.69) is 58.4 Å². The molecule has 38 heavy (non-hydrogen) atoms. The molecule has 1 fully saturated rings. The van der Waals surface area contributed by atoms with E-state index in [0.29, 0.717) is 31.8 Å². The fourth-order valence-electron chi connectivity index (χ4n) is 5.51. The minimum Gasteiger partial charge on any atom is -0.496 e. The summed E-state index contributed by atoms with van der Waals surface area (Å²) in [7, 11) is 1.69. The van der Waals surface area contributed by atoms with Crippen LogP contribution < -0.4 is 25.4 Å². The van der Waals surface area contributed by atoms with E-state index in [1.165, 1.54) is 35.2 Å². The summed E-state index contributed by atoms with van der Waals surface area (Å²) >= 11 is 0. The van der Waals surface area contributed by atoms with Gasteiger partial charge in [0.05, 0.1) is 26.9 Å². The Balaban J connectivity index is 1.06. The fourth-order valence-corrected chi connectivity index (χ4v) is 5.51. The summed E-state index contributed by atoms with van der Waals surface area (Å²) < 4.78 is 17.2. The molecule has 2 heterocycles. The topological polar surface area (TPSA) is 63.8 Å². The predicted molar refractivity (Wildman–Crippen MR) is 153 cm³/mol. The largest absolute Gasteiger partial charge is 0.496 e. The molecule has 0 unspecified atom stereocenters. The number of methoxy groups -OCH3 is 1. The maximum atomic E-state index is 5.98. The summed E-state index contributed by atoms with van der Waals surface area (Å²) in [6, 6.07) is 24.0. The van der Waals surface area contributed by atoms with Crippen molar-refractivity contribution in [1.29, 1.82) is 0 Å². The summed E-state index contributed by atoms with van der Waals surface area (Å²) in [6.07, 6.45) is 4.38. The summed E-state index contributed by atoms with van der Waals surface area (Å²) in [5.41, 5.74) is 6.55. The number of anilines is 1. The summed E-state index contributed by atoms with van der Waals surface area (Å²) in [4.78, 5) is 0.